The first-order valence-electron chi connectivity index (χ1n) is 7.85. The molecule has 0 radical (unpaired) electrons. The van der Waals surface area contributed by atoms with Crippen molar-refractivity contribution in [1.29, 1.82) is 0 Å². The number of primary amides is 1. The maximum Gasteiger partial charge on any atom is 0.249 e. The molecule has 3 N–H and O–H groups in total. The Morgan fingerprint density at radius 2 is 1.91 bits per heavy atom. The minimum atomic E-state index is -2.13. The van der Waals surface area contributed by atoms with Gasteiger partial charge in [-0.2, -0.15) is 0 Å². The van der Waals surface area contributed by atoms with Crippen LogP contribution in [0.1, 0.15) is 34.6 Å². The van der Waals surface area contributed by atoms with Crippen LogP contribution in [-0.4, -0.2) is 49.5 Å². The fourth-order valence-corrected chi connectivity index (χ4v) is 3.49. The lowest BCUT2D eigenvalue weighted by Crippen LogP contribution is -2.52. The minimum Gasteiger partial charge on any atom is -0.408 e. The molecule has 0 spiro atoms. The summed E-state index contributed by atoms with van der Waals surface area (Å²) in [5.74, 6) is -1.66. The van der Waals surface area contributed by atoms with Crippen molar-refractivity contribution in [2.45, 2.75) is 83.0 Å². The highest BCUT2D eigenvalue weighted by Crippen LogP contribution is 2.39. The molecule has 1 heterocycles. The Kier molecular flexibility index (Phi) is 5.87. The second-order valence-electron chi connectivity index (χ2n) is 7.99. The van der Waals surface area contributed by atoms with Gasteiger partial charge in [0.25, 0.3) is 0 Å². The predicted molar refractivity (Wildman–Crippen MR) is 91.3 cm³/mol. The van der Waals surface area contributed by atoms with E-state index in [0.29, 0.717) is 0 Å². The van der Waals surface area contributed by atoms with Crippen molar-refractivity contribution in [2.75, 3.05) is 0 Å². The van der Waals surface area contributed by atoms with Gasteiger partial charge in [-0.25, -0.2) is 0 Å². The van der Waals surface area contributed by atoms with Crippen LogP contribution in [0.3, 0.4) is 0 Å². The predicted octanol–water partition coefficient (Wildman–Crippen LogP) is 1.93. The number of amides is 1. The first-order valence-corrected chi connectivity index (χ1v) is 10.8. The topological polar surface area (TPSA) is 91.0 Å². The number of ether oxygens (including phenoxy) is 2. The van der Waals surface area contributed by atoms with Crippen molar-refractivity contribution < 1.29 is 23.8 Å². The van der Waals surface area contributed by atoms with Crippen molar-refractivity contribution in [3.05, 3.63) is 12.7 Å². The molecule has 6 nitrogen and oxygen atoms in total. The smallest absolute Gasteiger partial charge is 0.249 e. The Morgan fingerprint density at radius 3 is 2.30 bits per heavy atom. The van der Waals surface area contributed by atoms with E-state index in [9.17, 15) is 9.90 Å². The van der Waals surface area contributed by atoms with Crippen LogP contribution in [0, 0.1) is 0 Å². The summed E-state index contributed by atoms with van der Waals surface area (Å²) in [6.45, 7) is 17.6. The van der Waals surface area contributed by atoms with Gasteiger partial charge in [-0.15, -0.1) is 6.58 Å². The number of carbonyl (C=O) groups excluding carboxylic acids is 1. The SMILES string of the molecule is C=C[C@H](O[Si](C)(C)C(C)(C)C)[C@@H](O)[C@H]1OC(C)(C)O[C@@H]1C(N)=O. The Bertz CT molecular complexity index is 458. The number of aliphatic hydroxyl groups excluding tert-OH is 1. The Labute approximate surface area is 140 Å². The van der Waals surface area contributed by atoms with Crippen LogP contribution >= 0.6 is 0 Å². The molecule has 1 rings (SSSR count). The van der Waals surface area contributed by atoms with Crippen molar-refractivity contribution in [2.24, 2.45) is 5.73 Å². The van der Waals surface area contributed by atoms with Gasteiger partial charge >= 0.3 is 0 Å². The molecular formula is C16H31NO5Si. The summed E-state index contributed by atoms with van der Waals surface area (Å²) in [6.07, 6.45) is -2.14. The van der Waals surface area contributed by atoms with Gasteiger partial charge in [-0.3, -0.25) is 4.79 Å². The summed E-state index contributed by atoms with van der Waals surface area (Å²) in [6, 6.07) is 0. The summed E-state index contributed by atoms with van der Waals surface area (Å²) in [7, 11) is -2.13. The molecule has 1 saturated heterocycles. The summed E-state index contributed by atoms with van der Waals surface area (Å²) >= 11 is 0. The quantitative estimate of drug-likeness (QED) is 0.567. The van der Waals surface area contributed by atoms with Crippen LogP contribution in [0.15, 0.2) is 12.7 Å². The largest absolute Gasteiger partial charge is 0.408 e. The number of hydrogen-bond donors (Lipinski definition) is 2. The second-order valence-corrected chi connectivity index (χ2v) is 12.7. The Morgan fingerprint density at radius 1 is 1.39 bits per heavy atom. The lowest BCUT2D eigenvalue weighted by atomic mass is 10.0. The highest BCUT2D eigenvalue weighted by Gasteiger charge is 2.50. The standard InChI is InChI=1S/C16H31NO5Si/c1-9-10(22-23(7,8)15(2,3)4)11(18)12-13(14(17)19)21-16(5,6)20-12/h9-13,18H,1H2,2-8H3,(H2,17,19)/t10-,11+,12+,13-/m0/s1. The Hall–Kier alpha value is -0.733. The van der Waals surface area contributed by atoms with Crippen LogP contribution in [0.25, 0.3) is 0 Å². The van der Waals surface area contributed by atoms with Crippen molar-refractivity contribution in [3.8, 4) is 0 Å². The van der Waals surface area contributed by atoms with Gasteiger partial charge in [0.2, 0.25) is 5.91 Å². The average molecular weight is 346 g/mol. The molecule has 134 valence electrons. The zero-order chi connectivity index (χ0) is 18.2. The molecule has 4 atom stereocenters. The number of rotatable bonds is 6. The van der Waals surface area contributed by atoms with Gasteiger partial charge in [-0.1, -0.05) is 26.8 Å². The molecule has 0 bridgehead atoms. The number of aliphatic hydroxyl groups is 1. The molecule has 1 fully saturated rings. The molecular weight excluding hydrogens is 314 g/mol. The van der Waals surface area contributed by atoms with Gasteiger partial charge < -0.3 is 24.7 Å². The van der Waals surface area contributed by atoms with Gasteiger partial charge in [0.15, 0.2) is 20.2 Å². The third-order valence-corrected chi connectivity index (χ3v) is 9.03. The van der Waals surface area contributed by atoms with E-state index in [1.54, 1.807) is 13.8 Å². The van der Waals surface area contributed by atoms with Crippen molar-refractivity contribution in [3.63, 3.8) is 0 Å². The van der Waals surface area contributed by atoms with Crippen LogP contribution in [-0.2, 0) is 18.7 Å². The maximum absolute atomic E-state index is 11.6. The van der Waals surface area contributed by atoms with E-state index in [4.69, 9.17) is 19.6 Å². The molecule has 23 heavy (non-hydrogen) atoms. The van der Waals surface area contributed by atoms with Gasteiger partial charge in [0, 0.05) is 0 Å². The molecule has 0 unspecified atom stereocenters. The molecule has 0 aromatic carbocycles. The second kappa shape index (κ2) is 6.64. The summed E-state index contributed by atoms with van der Waals surface area (Å²) in [5.41, 5.74) is 5.37. The molecule has 0 aromatic rings. The van der Waals surface area contributed by atoms with Crippen molar-refractivity contribution >= 4 is 14.2 Å². The van der Waals surface area contributed by atoms with E-state index in [0.717, 1.165) is 0 Å². The lowest BCUT2D eigenvalue weighted by molar-refractivity contribution is -0.162. The lowest BCUT2D eigenvalue weighted by Gasteiger charge is -2.40. The summed E-state index contributed by atoms with van der Waals surface area (Å²) in [4.78, 5) is 11.6. The monoisotopic (exact) mass is 345 g/mol. The van der Waals surface area contributed by atoms with Crippen LogP contribution in [0.4, 0.5) is 0 Å². The number of carbonyl (C=O) groups is 1. The minimum absolute atomic E-state index is 0.0244. The van der Waals surface area contributed by atoms with Gasteiger partial charge in [0.1, 0.15) is 12.2 Å². The zero-order valence-corrected chi connectivity index (χ0v) is 16.3. The maximum atomic E-state index is 11.6. The first-order chi connectivity index (χ1) is 10.2. The van der Waals surface area contributed by atoms with Crippen LogP contribution in [0.2, 0.25) is 18.1 Å². The third kappa shape index (κ3) is 4.64. The van der Waals surface area contributed by atoms with E-state index in [2.05, 4.69) is 40.4 Å². The summed E-state index contributed by atoms with van der Waals surface area (Å²) in [5, 5.41) is 10.7. The molecule has 0 aromatic heterocycles. The van der Waals surface area contributed by atoms with E-state index in [-0.39, 0.29) is 5.04 Å². The van der Waals surface area contributed by atoms with Crippen LogP contribution in [0.5, 0.6) is 0 Å². The van der Waals surface area contributed by atoms with Crippen molar-refractivity contribution in [1.82, 2.24) is 0 Å². The van der Waals surface area contributed by atoms with Gasteiger partial charge in [-0.05, 0) is 32.0 Å². The molecule has 0 saturated carbocycles. The normalized spacial score (nSPS) is 27.5. The van der Waals surface area contributed by atoms with E-state index >= 15 is 0 Å². The van der Waals surface area contributed by atoms with E-state index in [1.165, 1.54) is 6.08 Å². The fourth-order valence-electron chi connectivity index (χ4n) is 2.22. The van der Waals surface area contributed by atoms with E-state index < -0.39 is 44.4 Å². The number of nitrogens with two attached hydrogens (primary N) is 1. The highest BCUT2D eigenvalue weighted by atomic mass is 28.4. The average Bonchev–Trinajstić information content (AvgIpc) is 2.70. The van der Waals surface area contributed by atoms with E-state index in [1.807, 2.05) is 0 Å². The first kappa shape index (κ1) is 20.3. The van der Waals surface area contributed by atoms with Crippen LogP contribution < -0.4 is 5.73 Å². The molecule has 1 amide bonds. The molecule has 1 aliphatic rings. The molecule has 1 aliphatic heterocycles. The zero-order valence-electron chi connectivity index (χ0n) is 15.3. The molecule has 0 aliphatic carbocycles. The highest BCUT2D eigenvalue weighted by molar-refractivity contribution is 6.74. The Balaban J connectivity index is 2.98. The fraction of sp³-hybridized carbons (Fsp3) is 0.812. The molecule has 7 heteroatoms. The summed E-state index contributed by atoms with van der Waals surface area (Å²) < 4.78 is 17.4. The third-order valence-electron chi connectivity index (χ3n) is 4.55. The number of hydrogen-bond acceptors (Lipinski definition) is 5. The van der Waals surface area contributed by atoms with Gasteiger partial charge in [0.05, 0.1) is 6.10 Å².